The fourth-order valence-corrected chi connectivity index (χ4v) is 9.93. The highest BCUT2D eigenvalue weighted by atomic mass is 16.7. The summed E-state index contributed by atoms with van der Waals surface area (Å²) in [6.45, 7) is 4.77. The molecule has 0 amide bonds. The van der Waals surface area contributed by atoms with Gasteiger partial charge in [-0.1, -0.05) is 297 Å². The van der Waals surface area contributed by atoms with E-state index in [2.05, 4.69) is 111 Å². The van der Waals surface area contributed by atoms with E-state index < -0.39 is 24.3 Å². The number of ether oxygens (including phenoxy) is 4. The van der Waals surface area contributed by atoms with Gasteiger partial charge in [0.1, 0.15) is 13.2 Å². The number of nitrogens with zero attached hydrogens (tertiary/aromatic N) is 1. The predicted molar refractivity (Wildman–Crippen MR) is 364 cm³/mol. The number of allylic oxidation sites excluding steroid dienone is 16. The Morgan fingerprint density at radius 3 is 1.00 bits per heavy atom. The summed E-state index contributed by atoms with van der Waals surface area (Å²) in [5, 5.41) is 9.75. The number of hydrogen-bond acceptors (Lipinski definition) is 7. The van der Waals surface area contributed by atoms with Crippen LogP contribution in [0.25, 0.3) is 0 Å². The highest BCUT2D eigenvalue weighted by Crippen LogP contribution is 2.18. The van der Waals surface area contributed by atoms with Crippen LogP contribution >= 0.6 is 0 Å². The molecule has 0 heterocycles. The second-order valence-corrected chi connectivity index (χ2v) is 24.8. The number of hydrogen-bond donors (Lipinski definition) is 1. The van der Waals surface area contributed by atoms with Crippen molar-refractivity contribution in [3.63, 3.8) is 0 Å². The first kappa shape index (κ1) is 81.2. The highest BCUT2D eigenvalue weighted by Gasteiger charge is 2.25. The maximum absolute atomic E-state index is 12.9. The minimum Gasteiger partial charge on any atom is -0.477 e. The molecule has 0 aromatic heterocycles. The molecule has 0 aliphatic rings. The van der Waals surface area contributed by atoms with Crippen LogP contribution in [-0.4, -0.2) is 87.4 Å². The lowest BCUT2D eigenvalue weighted by Gasteiger charge is -2.25. The number of unbranched alkanes of at least 4 members (excludes halogenated alkanes) is 34. The quantitative estimate of drug-likeness (QED) is 0.0211. The number of carboxylic acid groups (broad SMARTS) is 1. The molecule has 9 nitrogen and oxygen atoms in total. The van der Waals surface area contributed by atoms with E-state index in [4.69, 9.17) is 18.9 Å². The zero-order valence-electron chi connectivity index (χ0n) is 56.0. The zero-order chi connectivity index (χ0) is 61.9. The van der Waals surface area contributed by atoms with Crippen molar-refractivity contribution in [2.24, 2.45) is 0 Å². The zero-order valence-corrected chi connectivity index (χ0v) is 56.0. The lowest BCUT2D eigenvalue weighted by molar-refractivity contribution is -0.870. The largest absolute Gasteiger partial charge is 0.477 e. The van der Waals surface area contributed by atoms with E-state index in [9.17, 15) is 19.5 Å². The summed E-state index contributed by atoms with van der Waals surface area (Å²) in [6.07, 6.45) is 88.1. The summed E-state index contributed by atoms with van der Waals surface area (Å²) in [5.41, 5.74) is 0. The molecule has 0 saturated carbocycles. The number of quaternary nitrogens is 1. The van der Waals surface area contributed by atoms with Gasteiger partial charge < -0.3 is 28.5 Å². The van der Waals surface area contributed by atoms with E-state index >= 15 is 0 Å². The van der Waals surface area contributed by atoms with E-state index in [0.29, 0.717) is 17.4 Å². The van der Waals surface area contributed by atoms with Gasteiger partial charge in [0, 0.05) is 12.8 Å². The Kier molecular flexibility index (Phi) is 63.2. The average Bonchev–Trinajstić information content (AvgIpc) is 3.48. The minimum absolute atomic E-state index is 0.185. The van der Waals surface area contributed by atoms with Gasteiger partial charge in [0.05, 0.1) is 34.4 Å². The Balaban J connectivity index is 4.07. The Bertz CT molecular complexity index is 1720. The first-order chi connectivity index (χ1) is 41.6. The summed E-state index contributed by atoms with van der Waals surface area (Å²) in [5.74, 6) is -2.00. The molecule has 2 unspecified atom stereocenters. The van der Waals surface area contributed by atoms with Gasteiger partial charge in [-0.05, 0) is 96.3 Å². The van der Waals surface area contributed by atoms with E-state index in [0.717, 1.165) is 96.3 Å². The Morgan fingerprint density at radius 2 is 0.671 bits per heavy atom. The van der Waals surface area contributed by atoms with Crippen LogP contribution < -0.4 is 0 Å². The van der Waals surface area contributed by atoms with Crippen molar-refractivity contribution >= 4 is 17.9 Å². The van der Waals surface area contributed by atoms with E-state index in [1.165, 1.54) is 186 Å². The van der Waals surface area contributed by atoms with Gasteiger partial charge in [-0.15, -0.1) is 0 Å². The molecule has 0 saturated heterocycles. The molecule has 0 radical (unpaired) electrons. The molecule has 1 N–H and O–H groups in total. The fraction of sp³-hybridized carbons (Fsp3) is 0.750. The summed E-state index contributed by atoms with van der Waals surface area (Å²) in [6, 6.07) is 0. The molecule has 85 heavy (non-hydrogen) atoms. The van der Waals surface area contributed by atoms with Crippen molar-refractivity contribution in [3.05, 3.63) is 97.2 Å². The fourth-order valence-electron chi connectivity index (χ4n) is 9.93. The topological polar surface area (TPSA) is 108 Å². The molecule has 0 aromatic carbocycles. The van der Waals surface area contributed by atoms with Crippen LogP contribution in [0.2, 0.25) is 0 Å². The second-order valence-electron chi connectivity index (χ2n) is 24.8. The van der Waals surface area contributed by atoms with Crippen molar-refractivity contribution < 1.29 is 42.9 Å². The molecule has 0 rings (SSSR count). The van der Waals surface area contributed by atoms with Crippen molar-refractivity contribution in [1.29, 1.82) is 0 Å². The van der Waals surface area contributed by atoms with Crippen LogP contribution in [0.15, 0.2) is 97.2 Å². The molecule has 0 aliphatic heterocycles. The summed E-state index contributed by atoms with van der Waals surface area (Å²) in [7, 11) is 5.98. The Morgan fingerprint density at radius 1 is 0.365 bits per heavy atom. The highest BCUT2D eigenvalue weighted by molar-refractivity contribution is 5.71. The first-order valence-electron chi connectivity index (χ1n) is 35.4. The molecular weight excluding hydrogens is 1050 g/mol. The Hall–Kier alpha value is -3.79. The van der Waals surface area contributed by atoms with Crippen LogP contribution in [0.1, 0.15) is 309 Å². The van der Waals surface area contributed by atoms with Crippen molar-refractivity contribution in [3.8, 4) is 0 Å². The Labute approximate surface area is 524 Å². The van der Waals surface area contributed by atoms with Gasteiger partial charge >= 0.3 is 17.9 Å². The molecule has 2 atom stereocenters. The number of carboxylic acids is 1. The maximum Gasteiger partial charge on any atom is 0.361 e. The van der Waals surface area contributed by atoms with Crippen LogP contribution in [0.5, 0.6) is 0 Å². The third-order valence-electron chi connectivity index (χ3n) is 15.3. The SMILES string of the molecule is CC/C=C\C/C=C\C/C=C\C/C=C\C/C=C\CCCCCCCCCCCCCCCCCCCCCCCC(=O)OC(COC(=O)CCCCCCCCCC/C=C\C/C=C\C/C=C\CCCCCCC)COC(OCC[N+](C)(C)C)C(=O)O. The molecule has 0 aromatic rings. The van der Waals surface area contributed by atoms with Crippen LogP contribution in [0.3, 0.4) is 0 Å². The standard InChI is InChI=1S/C76H133NO8/c1-6-8-10-12-14-16-18-20-22-24-26-28-30-31-32-33-34-35-36-37-38-39-40-41-42-43-45-47-49-51-53-55-57-59-61-63-65-67-74(79)85-72(71-84-76(75(80)81)82-69-68-77(3,4)5)70-83-73(78)66-64-62-60-58-56-54-52-50-48-46-44-29-27-25-23-21-19-17-15-13-11-9-7-2/h8,10,14,16,19-22,25-28,31-32,44,46,72,76H,6-7,9,11-13,15,17-18,23-24,29-30,33-43,45,47-71H2,1-5H3/p+1/b10-8-,16-14-,21-19-,22-20-,27-25-,28-26-,32-31-,46-44-. The van der Waals surface area contributed by atoms with Gasteiger partial charge in [0.15, 0.2) is 6.10 Å². The van der Waals surface area contributed by atoms with Gasteiger partial charge in [0.2, 0.25) is 0 Å². The summed E-state index contributed by atoms with van der Waals surface area (Å²) < 4.78 is 23.0. The number of aliphatic carboxylic acids is 1. The monoisotopic (exact) mass is 1190 g/mol. The first-order valence-corrected chi connectivity index (χ1v) is 35.4. The third-order valence-corrected chi connectivity index (χ3v) is 15.3. The van der Waals surface area contributed by atoms with Crippen LogP contribution in [0.4, 0.5) is 0 Å². The normalized spacial score (nSPS) is 13.3. The number of rotatable bonds is 65. The van der Waals surface area contributed by atoms with Gasteiger partial charge in [-0.2, -0.15) is 0 Å². The minimum atomic E-state index is -1.52. The number of esters is 2. The van der Waals surface area contributed by atoms with Gasteiger partial charge in [0.25, 0.3) is 6.29 Å². The van der Waals surface area contributed by atoms with E-state index in [-0.39, 0.29) is 32.2 Å². The average molecular weight is 1190 g/mol. The van der Waals surface area contributed by atoms with Crippen molar-refractivity contribution in [1.82, 2.24) is 0 Å². The molecule has 0 bridgehead atoms. The smallest absolute Gasteiger partial charge is 0.361 e. The van der Waals surface area contributed by atoms with Gasteiger partial charge in [-0.25, -0.2) is 4.79 Å². The van der Waals surface area contributed by atoms with E-state index in [1.54, 1.807) is 0 Å². The van der Waals surface area contributed by atoms with Crippen LogP contribution in [0, 0.1) is 0 Å². The molecule has 9 heteroatoms. The van der Waals surface area contributed by atoms with Gasteiger partial charge in [-0.3, -0.25) is 9.59 Å². The maximum atomic E-state index is 12.9. The molecule has 0 spiro atoms. The number of carbonyl (C=O) groups is 3. The second kappa shape index (κ2) is 66.2. The van der Waals surface area contributed by atoms with Crippen molar-refractivity contribution in [2.75, 3.05) is 47.5 Å². The molecule has 490 valence electrons. The van der Waals surface area contributed by atoms with E-state index in [1.807, 2.05) is 21.1 Å². The molecular formula is C76H134NO8+. The lowest BCUT2D eigenvalue weighted by Crippen LogP contribution is -2.40. The summed E-state index contributed by atoms with van der Waals surface area (Å²) >= 11 is 0. The third kappa shape index (κ3) is 67.6. The predicted octanol–water partition coefficient (Wildman–Crippen LogP) is 22.0. The molecule has 0 fully saturated rings. The van der Waals surface area contributed by atoms with Crippen molar-refractivity contribution in [2.45, 2.75) is 322 Å². The van der Waals surface area contributed by atoms with Crippen LogP contribution in [-0.2, 0) is 33.3 Å². The summed E-state index contributed by atoms with van der Waals surface area (Å²) in [4.78, 5) is 37.6. The number of likely N-dealkylation sites (N-methyl/N-ethyl adjacent to an activating group) is 1. The number of carbonyl (C=O) groups excluding carboxylic acids is 2. The molecule has 0 aliphatic carbocycles. The lowest BCUT2D eigenvalue weighted by atomic mass is 10.0.